The van der Waals surface area contributed by atoms with Gasteiger partial charge in [0, 0.05) is 17.1 Å². The van der Waals surface area contributed by atoms with Crippen LogP contribution in [0.25, 0.3) is 6.08 Å². The first-order valence-electron chi connectivity index (χ1n) is 6.39. The standard InChI is InChI=1S/C14H16ClNO3S/c15-12-4-1-11(2-5-12)3-6-14(17)16-13-7-9-20(18,19)10-8-13/h1-6,13H,7-10H2,(H,16,17)/b6-3-. The minimum atomic E-state index is -2.89. The molecule has 0 bridgehead atoms. The third kappa shape index (κ3) is 4.65. The number of benzene rings is 1. The van der Waals surface area contributed by atoms with Gasteiger partial charge in [0.15, 0.2) is 0 Å². The average molecular weight is 314 g/mol. The molecule has 108 valence electrons. The lowest BCUT2D eigenvalue weighted by Gasteiger charge is -2.22. The van der Waals surface area contributed by atoms with E-state index in [9.17, 15) is 13.2 Å². The highest BCUT2D eigenvalue weighted by atomic mass is 35.5. The molecule has 0 atom stereocenters. The van der Waals surface area contributed by atoms with E-state index in [4.69, 9.17) is 11.6 Å². The zero-order valence-corrected chi connectivity index (χ0v) is 12.5. The lowest BCUT2D eigenvalue weighted by molar-refractivity contribution is -0.117. The van der Waals surface area contributed by atoms with Crippen LogP contribution in [0.3, 0.4) is 0 Å². The van der Waals surface area contributed by atoms with Crippen LogP contribution in [0.4, 0.5) is 0 Å². The summed E-state index contributed by atoms with van der Waals surface area (Å²) < 4.78 is 22.6. The molecular formula is C14H16ClNO3S. The van der Waals surface area contributed by atoms with Crippen molar-refractivity contribution in [1.82, 2.24) is 5.32 Å². The van der Waals surface area contributed by atoms with Gasteiger partial charge >= 0.3 is 0 Å². The van der Waals surface area contributed by atoms with Crippen LogP contribution in [-0.4, -0.2) is 31.9 Å². The van der Waals surface area contributed by atoms with Gasteiger partial charge in [-0.25, -0.2) is 8.42 Å². The van der Waals surface area contributed by atoms with Gasteiger partial charge in [0.25, 0.3) is 0 Å². The van der Waals surface area contributed by atoms with E-state index in [0.717, 1.165) is 5.56 Å². The van der Waals surface area contributed by atoms with E-state index in [2.05, 4.69) is 5.32 Å². The molecule has 1 amide bonds. The summed E-state index contributed by atoms with van der Waals surface area (Å²) in [5.74, 6) is 0.0989. The summed E-state index contributed by atoms with van der Waals surface area (Å²) in [5.41, 5.74) is 0.885. The fraction of sp³-hybridized carbons (Fsp3) is 0.357. The molecule has 0 spiro atoms. The van der Waals surface area contributed by atoms with Crippen LogP contribution in [0.1, 0.15) is 18.4 Å². The fourth-order valence-corrected chi connectivity index (χ4v) is 3.65. The first kappa shape index (κ1) is 15.1. The molecule has 1 aliphatic heterocycles. The molecule has 0 aromatic heterocycles. The molecule has 0 saturated carbocycles. The van der Waals surface area contributed by atoms with Crippen LogP contribution >= 0.6 is 11.6 Å². The summed E-state index contributed by atoms with van der Waals surface area (Å²) in [6.07, 6.45) is 4.13. The second-order valence-corrected chi connectivity index (χ2v) is 7.56. The summed E-state index contributed by atoms with van der Waals surface area (Å²) in [6, 6.07) is 7.09. The normalized spacial score (nSPS) is 19.1. The average Bonchev–Trinajstić information content (AvgIpc) is 2.41. The van der Waals surface area contributed by atoms with Gasteiger partial charge in [0.05, 0.1) is 11.5 Å². The number of nitrogens with one attached hydrogen (secondary N) is 1. The van der Waals surface area contributed by atoms with Gasteiger partial charge in [-0.15, -0.1) is 0 Å². The molecule has 1 fully saturated rings. The first-order valence-corrected chi connectivity index (χ1v) is 8.59. The Labute approximate surface area is 123 Å². The number of carbonyl (C=O) groups excluding carboxylic acids is 1. The minimum absolute atomic E-state index is 0.0547. The Hall–Kier alpha value is -1.33. The summed E-state index contributed by atoms with van der Waals surface area (Å²) in [6.45, 7) is 0. The Morgan fingerprint density at radius 2 is 1.80 bits per heavy atom. The van der Waals surface area contributed by atoms with E-state index >= 15 is 0 Å². The Morgan fingerprint density at radius 1 is 1.20 bits per heavy atom. The largest absolute Gasteiger partial charge is 0.350 e. The lowest BCUT2D eigenvalue weighted by Crippen LogP contribution is -2.40. The van der Waals surface area contributed by atoms with Crippen molar-refractivity contribution in [3.8, 4) is 0 Å². The predicted octanol–water partition coefficient (Wildman–Crippen LogP) is 2.05. The second-order valence-electron chi connectivity index (χ2n) is 4.82. The first-order chi connectivity index (χ1) is 9.44. The SMILES string of the molecule is O=C(/C=C\c1ccc(Cl)cc1)NC1CCS(=O)(=O)CC1. The minimum Gasteiger partial charge on any atom is -0.350 e. The second kappa shape index (κ2) is 6.41. The summed E-state index contributed by atoms with van der Waals surface area (Å²) >= 11 is 5.77. The van der Waals surface area contributed by atoms with Crippen LogP contribution in [0.2, 0.25) is 5.02 Å². The van der Waals surface area contributed by atoms with Crippen LogP contribution < -0.4 is 5.32 Å². The zero-order chi connectivity index (χ0) is 14.6. The van der Waals surface area contributed by atoms with Gasteiger partial charge in [-0.3, -0.25) is 4.79 Å². The molecule has 20 heavy (non-hydrogen) atoms. The summed E-state index contributed by atoms with van der Waals surface area (Å²) in [4.78, 5) is 11.7. The van der Waals surface area contributed by atoms with E-state index in [1.807, 2.05) is 12.1 Å². The molecule has 4 nitrogen and oxygen atoms in total. The van der Waals surface area contributed by atoms with E-state index in [-0.39, 0.29) is 23.5 Å². The molecule has 1 aromatic carbocycles. The Balaban J connectivity index is 1.85. The van der Waals surface area contributed by atoms with Crippen molar-refractivity contribution in [2.45, 2.75) is 18.9 Å². The number of rotatable bonds is 3. The molecule has 1 saturated heterocycles. The maximum atomic E-state index is 11.7. The molecule has 0 aliphatic carbocycles. The van der Waals surface area contributed by atoms with E-state index in [0.29, 0.717) is 17.9 Å². The highest BCUT2D eigenvalue weighted by molar-refractivity contribution is 7.91. The number of amides is 1. The molecule has 6 heteroatoms. The van der Waals surface area contributed by atoms with Crippen molar-refractivity contribution in [2.24, 2.45) is 0 Å². The Bertz CT molecular complexity index is 594. The van der Waals surface area contributed by atoms with E-state index in [1.165, 1.54) is 6.08 Å². The number of hydrogen-bond donors (Lipinski definition) is 1. The van der Waals surface area contributed by atoms with Crippen LogP contribution in [0, 0.1) is 0 Å². The number of carbonyl (C=O) groups is 1. The monoisotopic (exact) mass is 313 g/mol. The van der Waals surface area contributed by atoms with Crippen molar-refractivity contribution in [3.05, 3.63) is 40.9 Å². The van der Waals surface area contributed by atoms with Crippen molar-refractivity contribution in [3.63, 3.8) is 0 Å². The molecule has 1 aliphatic rings. The zero-order valence-electron chi connectivity index (χ0n) is 10.9. The molecule has 1 aromatic rings. The maximum absolute atomic E-state index is 11.7. The van der Waals surface area contributed by atoms with Crippen LogP contribution in [0.15, 0.2) is 30.3 Å². The van der Waals surface area contributed by atoms with Crippen molar-refractivity contribution in [1.29, 1.82) is 0 Å². The van der Waals surface area contributed by atoms with Crippen LogP contribution in [-0.2, 0) is 14.6 Å². The van der Waals surface area contributed by atoms with Crippen molar-refractivity contribution in [2.75, 3.05) is 11.5 Å². The molecule has 0 radical (unpaired) electrons. The third-order valence-corrected chi connectivity index (χ3v) is 5.17. The van der Waals surface area contributed by atoms with E-state index < -0.39 is 9.84 Å². The van der Waals surface area contributed by atoms with Gasteiger partial charge in [0.2, 0.25) is 5.91 Å². The topological polar surface area (TPSA) is 63.2 Å². The highest BCUT2D eigenvalue weighted by Gasteiger charge is 2.23. The van der Waals surface area contributed by atoms with Gasteiger partial charge in [-0.05, 0) is 36.6 Å². The summed E-state index contributed by atoms with van der Waals surface area (Å²) in [7, 11) is -2.89. The molecule has 0 unspecified atom stereocenters. The quantitative estimate of drug-likeness (QED) is 0.869. The molecule has 1 heterocycles. The third-order valence-electron chi connectivity index (χ3n) is 3.20. The predicted molar refractivity (Wildman–Crippen MR) is 80.3 cm³/mol. The smallest absolute Gasteiger partial charge is 0.244 e. The fourth-order valence-electron chi connectivity index (χ4n) is 2.03. The Kier molecular flexibility index (Phi) is 4.83. The van der Waals surface area contributed by atoms with Crippen molar-refractivity contribution < 1.29 is 13.2 Å². The molecule has 1 N–H and O–H groups in total. The molecule has 2 rings (SSSR count). The van der Waals surface area contributed by atoms with Gasteiger partial charge in [-0.1, -0.05) is 23.7 Å². The van der Waals surface area contributed by atoms with Gasteiger partial charge in [-0.2, -0.15) is 0 Å². The maximum Gasteiger partial charge on any atom is 0.244 e. The summed E-state index contributed by atoms with van der Waals surface area (Å²) in [5, 5.41) is 3.47. The highest BCUT2D eigenvalue weighted by Crippen LogP contribution is 2.13. The van der Waals surface area contributed by atoms with Gasteiger partial charge < -0.3 is 5.32 Å². The lowest BCUT2D eigenvalue weighted by atomic mass is 10.1. The van der Waals surface area contributed by atoms with Crippen LogP contribution in [0.5, 0.6) is 0 Å². The number of sulfone groups is 1. The number of hydrogen-bond acceptors (Lipinski definition) is 3. The Morgan fingerprint density at radius 3 is 2.40 bits per heavy atom. The number of halogens is 1. The molecular weight excluding hydrogens is 298 g/mol. The van der Waals surface area contributed by atoms with E-state index in [1.54, 1.807) is 18.2 Å². The van der Waals surface area contributed by atoms with Gasteiger partial charge in [0.1, 0.15) is 9.84 Å². The van der Waals surface area contributed by atoms with Crippen molar-refractivity contribution >= 4 is 33.4 Å².